The SMILES string of the molecule is Cc1ccc(COCC2CCC([C@H](N)C(=O)N(C)C3CCC3)CC2)cc1. The smallest absolute Gasteiger partial charge is 0.239 e. The lowest BCUT2D eigenvalue weighted by molar-refractivity contribution is -0.136. The topological polar surface area (TPSA) is 55.6 Å². The third kappa shape index (κ3) is 4.86. The van der Waals surface area contributed by atoms with Crippen LogP contribution < -0.4 is 5.73 Å². The van der Waals surface area contributed by atoms with Crippen molar-refractivity contribution >= 4 is 5.91 Å². The normalized spacial score (nSPS) is 24.7. The summed E-state index contributed by atoms with van der Waals surface area (Å²) in [5.41, 5.74) is 8.83. The molecule has 4 nitrogen and oxygen atoms in total. The van der Waals surface area contributed by atoms with Gasteiger partial charge in [0.05, 0.1) is 12.6 Å². The summed E-state index contributed by atoms with van der Waals surface area (Å²) in [5.74, 6) is 1.08. The average Bonchev–Trinajstić information content (AvgIpc) is 2.61. The van der Waals surface area contributed by atoms with E-state index in [4.69, 9.17) is 10.5 Å². The van der Waals surface area contributed by atoms with Gasteiger partial charge in [-0.3, -0.25) is 4.79 Å². The van der Waals surface area contributed by atoms with Crippen LogP contribution in [0.4, 0.5) is 0 Å². The molecular formula is C22H34N2O2. The third-order valence-corrected chi connectivity index (χ3v) is 6.40. The Kier molecular flexibility index (Phi) is 6.71. The van der Waals surface area contributed by atoms with Crippen molar-refractivity contribution in [1.82, 2.24) is 4.90 Å². The molecular weight excluding hydrogens is 324 g/mol. The Hall–Kier alpha value is -1.39. The number of rotatable bonds is 7. The molecule has 1 amide bonds. The summed E-state index contributed by atoms with van der Waals surface area (Å²) in [6, 6.07) is 8.63. The molecule has 1 aromatic carbocycles. The number of carbonyl (C=O) groups excluding carboxylic acids is 1. The van der Waals surface area contributed by atoms with Crippen molar-refractivity contribution in [1.29, 1.82) is 0 Å². The monoisotopic (exact) mass is 358 g/mol. The van der Waals surface area contributed by atoms with E-state index in [1.807, 2.05) is 11.9 Å². The number of nitrogens with zero attached hydrogens (tertiary/aromatic N) is 1. The summed E-state index contributed by atoms with van der Waals surface area (Å²) in [7, 11) is 1.93. The Morgan fingerprint density at radius 1 is 1.15 bits per heavy atom. The molecule has 26 heavy (non-hydrogen) atoms. The number of carbonyl (C=O) groups is 1. The Bertz CT molecular complexity index is 574. The van der Waals surface area contributed by atoms with Gasteiger partial charge in [0, 0.05) is 19.7 Å². The van der Waals surface area contributed by atoms with Crippen LogP contribution in [-0.4, -0.2) is 36.5 Å². The summed E-state index contributed by atoms with van der Waals surface area (Å²) in [4.78, 5) is 14.5. The van der Waals surface area contributed by atoms with Crippen molar-refractivity contribution in [2.75, 3.05) is 13.7 Å². The van der Waals surface area contributed by atoms with Gasteiger partial charge in [-0.1, -0.05) is 29.8 Å². The number of benzene rings is 1. The largest absolute Gasteiger partial charge is 0.376 e. The van der Waals surface area contributed by atoms with E-state index in [1.165, 1.54) is 17.5 Å². The van der Waals surface area contributed by atoms with Crippen LogP contribution in [0.2, 0.25) is 0 Å². The fourth-order valence-corrected chi connectivity index (χ4v) is 4.13. The first kappa shape index (κ1) is 19.4. The van der Waals surface area contributed by atoms with Crippen LogP contribution in [0.25, 0.3) is 0 Å². The Balaban J connectivity index is 1.36. The quantitative estimate of drug-likeness (QED) is 0.809. The van der Waals surface area contributed by atoms with Gasteiger partial charge in [0.2, 0.25) is 5.91 Å². The average molecular weight is 359 g/mol. The second-order valence-corrected chi connectivity index (χ2v) is 8.34. The summed E-state index contributed by atoms with van der Waals surface area (Å²) in [5, 5.41) is 0. The lowest BCUT2D eigenvalue weighted by Crippen LogP contribution is -2.52. The van der Waals surface area contributed by atoms with E-state index < -0.39 is 0 Å². The second-order valence-electron chi connectivity index (χ2n) is 8.34. The fraction of sp³-hybridized carbons (Fsp3) is 0.682. The van der Waals surface area contributed by atoms with Gasteiger partial charge in [-0.05, 0) is 69.3 Å². The number of amides is 1. The predicted octanol–water partition coefficient (Wildman–Crippen LogP) is 3.66. The highest BCUT2D eigenvalue weighted by molar-refractivity contribution is 5.82. The van der Waals surface area contributed by atoms with Crippen molar-refractivity contribution in [2.24, 2.45) is 17.6 Å². The zero-order chi connectivity index (χ0) is 18.5. The standard InChI is InChI=1S/C22H34N2O2/c1-16-6-8-17(9-7-16)14-26-15-18-10-12-19(13-11-18)21(23)22(25)24(2)20-4-3-5-20/h6-9,18-21H,3-5,10-15,23H2,1-2H3/t18?,19?,21-/m0/s1. The maximum atomic E-state index is 12.6. The van der Waals surface area contributed by atoms with Crippen LogP contribution in [0, 0.1) is 18.8 Å². The van der Waals surface area contributed by atoms with Crippen molar-refractivity contribution in [3.05, 3.63) is 35.4 Å². The molecule has 0 aliphatic heterocycles. The molecule has 2 aliphatic rings. The summed E-state index contributed by atoms with van der Waals surface area (Å²) in [6.45, 7) is 3.60. The molecule has 0 saturated heterocycles. The van der Waals surface area contributed by atoms with E-state index in [0.717, 1.165) is 45.1 Å². The van der Waals surface area contributed by atoms with Crippen molar-refractivity contribution in [3.8, 4) is 0 Å². The summed E-state index contributed by atoms with van der Waals surface area (Å²) >= 11 is 0. The van der Waals surface area contributed by atoms with Gasteiger partial charge in [0.15, 0.2) is 0 Å². The number of ether oxygens (including phenoxy) is 1. The highest BCUT2D eigenvalue weighted by Gasteiger charge is 2.34. The first-order valence-corrected chi connectivity index (χ1v) is 10.2. The minimum Gasteiger partial charge on any atom is -0.376 e. The number of aryl methyl sites for hydroxylation is 1. The number of likely N-dealkylation sites (N-methyl/N-ethyl adjacent to an activating group) is 1. The summed E-state index contributed by atoms with van der Waals surface area (Å²) < 4.78 is 5.93. The van der Waals surface area contributed by atoms with Gasteiger partial charge in [-0.15, -0.1) is 0 Å². The van der Waals surface area contributed by atoms with Gasteiger partial charge < -0.3 is 15.4 Å². The van der Waals surface area contributed by atoms with E-state index >= 15 is 0 Å². The third-order valence-electron chi connectivity index (χ3n) is 6.40. The number of nitrogens with two attached hydrogens (primary N) is 1. The molecule has 3 rings (SSSR count). The van der Waals surface area contributed by atoms with Gasteiger partial charge in [0.25, 0.3) is 0 Å². The van der Waals surface area contributed by atoms with E-state index in [-0.39, 0.29) is 11.9 Å². The highest BCUT2D eigenvalue weighted by Crippen LogP contribution is 2.32. The lowest BCUT2D eigenvalue weighted by Gasteiger charge is -2.38. The number of hydrogen-bond donors (Lipinski definition) is 1. The van der Waals surface area contributed by atoms with Crippen LogP contribution in [0.15, 0.2) is 24.3 Å². The molecule has 1 aromatic rings. The van der Waals surface area contributed by atoms with Gasteiger partial charge in [0.1, 0.15) is 0 Å². The molecule has 2 N–H and O–H groups in total. The molecule has 0 unspecified atom stereocenters. The predicted molar refractivity (Wildman–Crippen MR) is 105 cm³/mol. The Morgan fingerprint density at radius 2 is 1.81 bits per heavy atom. The van der Waals surface area contributed by atoms with Gasteiger partial charge in [-0.2, -0.15) is 0 Å². The van der Waals surface area contributed by atoms with Crippen molar-refractivity contribution < 1.29 is 9.53 Å². The maximum Gasteiger partial charge on any atom is 0.239 e. The first-order chi connectivity index (χ1) is 12.5. The zero-order valence-corrected chi connectivity index (χ0v) is 16.3. The molecule has 0 heterocycles. The van der Waals surface area contributed by atoms with Crippen LogP contribution >= 0.6 is 0 Å². The fourth-order valence-electron chi connectivity index (χ4n) is 4.13. The van der Waals surface area contributed by atoms with Gasteiger partial charge in [-0.25, -0.2) is 0 Å². The highest BCUT2D eigenvalue weighted by atomic mass is 16.5. The minimum absolute atomic E-state index is 0.147. The summed E-state index contributed by atoms with van der Waals surface area (Å²) in [6.07, 6.45) is 7.85. The number of hydrogen-bond acceptors (Lipinski definition) is 3. The van der Waals surface area contributed by atoms with E-state index in [2.05, 4.69) is 31.2 Å². The van der Waals surface area contributed by atoms with Crippen LogP contribution in [0.5, 0.6) is 0 Å². The van der Waals surface area contributed by atoms with E-state index in [0.29, 0.717) is 24.5 Å². The Labute approximate surface area is 158 Å². The zero-order valence-electron chi connectivity index (χ0n) is 16.3. The minimum atomic E-state index is -0.324. The van der Waals surface area contributed by atoms with Gasteiger partial charge >= 0.3 is 0 Å². The van der Waals surface area contributed by atoms with Crippen molar-refractivity contribution in [2.45, 2.75) is 70.6 Å². The molecule has 4 heteroatoms. The van der Waals surface area contributed by atoms with E-state index in [9.17, 15) is 4.79 Å². The van der Waals surface area contributed by atoms with Crippen LogP contribution in [0.3, 0.4) is 0 Å². The molecule has 0 bridgehead atoms. The molecule has 0 spiro atoms. The molecule has 144 valence electrons. The molecule has 2 fully saturated rings. The second kappa shape index (κ2) is 9.01. The van der Waals surface area contributed by atoms with Crippen LogP contribution in [-0.2, 0) is 16.1 Å². The molecule has 0 radical (unpaired) electrons. The molecule has 2 aliphatic carbocycles. The molecule has 0 aromatic heterocycles. The van der Waals surface area contributed by atoms with Crippen LogP contribution in [0.1, 0.15) is 56.1 Å². The molecule has 1 atom stereocenters. The molecule has 2 saturated carbocycles. The Morgan fingerprint density at radius 3 is 2.38 bits per heavy atom. The van der Waals surface area contributed by atoms with Crippen molar-refractivity contribution in [3.63, 3.8) is 0 Å². The first-order valence-electron chi connectivity index (χ1n) is 10.2. The van der Waals surface area contributed by atoms with E-state index in [1.54, 1.807) is 0 Å². The lowest BCUT2D eigenvalue weighted by atomic mass is 9.78. The maximum absolute atomic E-state index is 12.6.